The van der Waals surface area contributed by atoms with Crippen LogP contribution in [0.25, 0.3) is 5.76 Å². The lowest BCUT2D eigenvalue weighted by atomic mass is 9.95. The number of benzene rings is 2. The summed E-state index contributed by atoms with van der Waals surface area (Å²) in [6.45, 7) is 0.264. The number of rotatable bonds is 10. The van der Waals surface area contributed by atoms with E-state index in [0.29, 0.717) is 41.9 Å². The van der Waals surface area contributed by atoms with Crippen molar-refractivity contribution in [1.29, 1.82) is 0 Å². The molecule has 0 bridgehead atoms. The number of carboxylic acid groups (broad SMARTS) is 1. The molecule has 8 heteroatoms. The molecule has 33 heavy (non-hydrogen) atoms. The van der Waals surface area contributed by atoms with Crippen LogP contribution in [-0.2, 0) is 14.4 Å². The van der Waals surface area contributed by atoms with Gasteiger partial charge in [-0.25, -0.2) is 0 Å². The lowest BCUT2D eigenvalue weighted by molar-refractivity contribution is -0.140. The van der Waals surface area contributed by atoms with Crippen LogP contribution in [0.4, 0.5) is 0 Å². The zero-order valence-electron chi connectivity index (χ0n) is 18.6. The number of hydrogen-bond acceptors (Lipinski definition) is 6. The molecule has 0 saturated carbocycles. The number of carbonyl (C=O) groups excluding carboxylic acids is 2. The molecule has 0 spiro atoms. The number of ketones is 1. The Morgan fingerprint density at radius 1 is 0.879 bits per heavy atom. The fourth-order valence-electron chi connectivity index (χ4n) is 3.88. The molecule has 1 atom stereocenters. The molecule has 1 unspecified atom stereocenters. The lowest BCUT2D eigenvalue weighted by Crippen LogP contribution is -2.30. The first-order valence-corrected chi connectivity index (χ1v) is 10.7. The molecule has 1 fully saturated rings. The minimum Gasteiger partial charge on any atom is -0.507 e. The van der Waals surface area contributed by atoms with E-state index in [9.17, 15) is 19.5 Å². The third-order valence-corrected chi connectivity index (χ3v) is 5.62. The van der Waals surface area contributed by atoms with Crippen LogP contribution in [-0.4, -0.2) is 53.5 Å². The summed E-state index contributed by atoms with van der Waals surface area (Å²) in [6.07, 6.45) is 1.68. The van der Waals surface area contributed by atoms with Crippen LogP contribution in [0.2, 0.25) is 0 Å². The molecule has 174 valence electrons. The Labute approximate surface area is 192 Å². The van der Waals surface area contributed by atoms with E-state index < -0.39 is 23.7 Å². The van der Waals surface area contributed by atoms with Crippen molar-refractivity contribution in [1.82, 2.24) is 4.90 Å². The largest absolute Gasteiger partial charge is 0.507 e. The van der Waals surface area contributed by atoms with Gasteiger partial charge in [-0.15, -0.1) is 0 Å². The summed E-state index contributed by atoms with van der Waals surface area (Å²) in [5.41, 5.74) is 1.07. The van der Waals surface area contributed by atoms with E-state index in [1.54, 1.807) is 55.6 Å². The smallest absolute Gasteiger partial charge is 0.303 e. The second-order valence-electron chi connectivity index (χ2n) is 7.70. The monoisotopic (exact) mass is 453 g/mol. The summed E-state index contributed by atoms with van der Waals surface area (Å²) in [7, 11) is 3.07. The van der Waals surface area contributed by atoms with Gasteiger partial charge in [0, 0.05) is 18.5 Å². The molecule has 2 N–H and O–H groups in total. The Hall–Kier alpha value is -3.81. The first kappa shape index (κ1) is 23.8. The lowest BCUT2D eigenvalue weighted by Gasteiger charge is -2.25. The van der Waals surface area contributed by atoms with Gasteiger partial charge in [0.2, 0.25) is 0 Å². The van der Waals surface area contributed by atoms with Crippen LogP contribution >= 0.6 is 0 Å². The maximum Gasteiger partial charge on any atom is 0.303 e. The number of unbranched alkanes of at least 4 members (excludes halogenated alkanes) is 2. The third-order valence-electron chi connectivity index (χ3n) is 5.62. The number of Topliss-reactive ketones (excluding diaryl/α,β-unsaturated/α-hetero) is 1. The van der Waals surface area contributed by atoms with Crippen LogP contribution in [0.3, 0.4) is 0 Å². The molecule has 1 heterocycles. The van der Waals surface area contributed by atoms with E-state index in [0.717, 1.165) is 0 Å². The molecule has 0 aromatic heterocycles. The number of hydrogen-bond donors (Lipinski definition) is 2. The second-order valence-corrected chi connectivity index (χ2v) is 7.70. The molecule has 0 radical (unpaired) electrons. The number of likely N-dealkylation sites (tertiary alicyclic amines) is 1. The van der Waals surface area contributed by atoms with Crippen molar-refractivity contribution in [2.45, 2.75) is 31.7 Å². The number of methoxy groups -OCH3 is 2. The Balaban J connectivity index is 1.97. The molecule has 1 aliphatic heterocycles. The van der Waals surface area contributed by atoms with E-state index in [4.69, 9.17) is 14.6 Å². The van der Waals surface area contributed by atoms with Crippen molar-refractivity contribution in [3.05, 3.63) is 65.2 Å². The SMILES string of the molecule is COc1ccc(/C(O)=C2/C(=O)C(=O)N(CCCCCC(=O)O)C2c2ccc(OC)cc2)cc1. The predicted molar refractivity (Wildman–Crippen MR) is 121 cm³/mol. The highest BCUT2D eigenvalue weighted by Crippen LogP contribution is 2.40. The molecule has 8 nitrogen and oxygen atoms in total. The second kappa shape index (κ2) is 10.7. The van der Waals surface area contributed by atoms with Crippen molar-refractivity contribution in [2.24, 2.45) is 0 Å². The first-order valence-electron chi connectivity index (χ1n) is 10.7. The summed E-state index contributed by atoms with van der Waals surface area (Å²) < 4.78 is 10.4. The third kappa shape index (κ3) is 5.34. The number of aliphatic carboxylic acids is 1. The summed E-state index contributed by atoms with van der Waals surface area (Å²) >= 11 is 0. The van der Waals surface area contributed by atoms with Crippen molar-refractivity contribution >= 4 is 23.4 Å². The molecule has 1 aliphatic rings. The number of nitrogens with zero attached hydrogens (tertiary/aromatic N) is 1. The highest BCUT2D eigenvalue weighted by molar-refractivity contribution is 6.46. The van der Waals surface area contributed by atoms with Crippen molar-refractivity contribution in [2.75, 3.05) is 20.8 Å². The van der Waals surface area contributed by atoms with Gasteiger partial charge in [0.05, 0.1) is 25.8 Å². The number of carbonyl (C=O) groups is 3. The van der Waals surface area contributed by atoms with Gasteiger partial charge >= 0.3 is 5.97 Å². The zero-order valence-corrected chi connectivity index (χ0v) is 18.6. The number of aliphatic hydroxyl groups is 1. The van der Waals surface area contributed by atoms with Crippen molar-refractivity contribution in [3.8, 4) is 11.5 Å². The van der Waals surface area contributed by atoms with Gasteiger partial charge in [-0.3, -0.25) is 14.4 Å². The molecule has 1 amide bonds. The van der Waals surface area contributed by atoms with Crippen LogP contribution in [0.15, 0.2) is 54.1 Å². The highest BCUT2D eigenvalue weighted by atomic mass is 16.5. The number of amides is 1. The summed E-state index contributed by atoms with van der Waals surface area (Å²) in [5.74, 6) is -1.35. The van der Waals surface area contributed by atoms with Gasteiger partial charge < -0.3 is 24.6 Å². The molecule has 2 aromatic rings. The van der Waals surface area contributed by atoms with Crippen molar-refractivity contribution in [3.63, 3.8) is 0 Å². The van der Waals surface area contributed by atoms with Gasteiger partial charge in [0.1, 0.15) is 17.3 Å². The molecular formula is C25H27NO7. The van der Waals surface area contributed by atoms with Crippen LogP contribution in [0, 0.1) is 0 Å². The minimum atomic E-state index is -0.867. The topological polar surface area (TPSA) is 113 Å². The van der Waals surface area contributed by atoms with E-state index >= 15 is 0 Å². The van der Waals surface area contributed by atoms with E-state index in [1.807, 2.05) is 0 Å². The number of aliphatic hydroxyl groups excluding tert-OH is 1. The molecule has 0 aliphatic carbocycles. The Bertz CT molecular complexity index is 1040. The van der Waals surface area contributed by atoms with Gasteiger partial charge in [0.25, 0.3) is 11.7 Å². The molecule has 1 saturated heterocycles. The van der Waals surface area contributed by atoms with E-state index in [1.165, 1.54) is 12.0 Å². The van der Waals surface area contributed by atoms with Crippen LogP contribution in [0.5, 0.6) is 11.5 Å². The fraction of sp³-hybridized carbons (Fsp3) is 0.320. The number of carboxylic acids is 1. The maximum atomic E-state index is 13.0. The first-order chi connectivity index (χ1) is 15.9. The maximum absolute atomic E-state index is 13.0. The van der Waals surface area contributed by atoms with Gasteiger partial charge in [0.15, 0.2) is 0 Å². The molecule has 3 rings (SSSR count). The average Bonchev–Trinajstić information content (AvgIpc) is 3.08. The van der Waals surface area contributed by atoms with Crippen LogP contribution < -0.4 is 9.47 Å². The van der Waals surface area contributed by atoms with Crippen molar-refractivity contribution < 1.29 is 34.1 Å². The fourth-order valence-corrected chi connectivity index (χ4v) is 3.88. The van der Waals surface area contributed by atoms with Gasteiger partial charge in [-0.1, -0.05) is 18.6 Å². The summed E-state index contributed by atoms with van der Waals surface area (Å²) in [5, 5.41) is 19.9. The highest BCUT2D eigenvalue weighted by Gasteiger charge is 2.45. The Morgan fingerprint density at radius 3 is 2.00 bits per heavy atom. The van der Waals surface area contributed by atoms with E-state index in [2.05, 4.69) is 0 Å². The van der Waals surface area contributed by atoms with Crippen LogP contribution in [0.1, 0.15) is 42.9 Å². The van der Waals surface area contributed by atoms with E-state index in [-0.39, 0.29) is 24.3 Å². The average molecular weight is 453 g/mol. The van der Waals surface area contributed by atoms with Gasteiger partial charge in [-0.2, -0.15) is 0 Å². The minimum absolute atomic E-state index is 0.0147. The standard InChI is InChI=1S/C25H27NO7/c1-32-18-11-7-16(8-12-18)22-21(23(29)17-9-13-19(33-2)14-10-17)24(30)25(31)26(22)15-5-3-4-6-20(27)28/h7-14,22,29H,3-6,15H2,1-2H3,(H,27,28)/b23-21-. The van der Waals surface area contributed by atoms with Gasteiger partial charge in [-0.05, 0) is 54.8 Å². The Kier molecular flexibility index (Phi) is 7.71. The number of ether oxygens (including phenoxy) is 2. The Morgan fingerprint density at radius 2 is 1.45 bits per heavy atom. The normalized spacial score (nSPS) is 17.3. The molecule has 2 aromatic carbocycles. The zero-order chi connectivity index (χ0) is 24.0. The summed E-state index contributed by atoms with van der Waals surface area (Å²) in [6, 6.07) is 12.8. The quantitative estimate of drug-likeness (QED) is 0.244. The summed E-state index contributed by atoms with van der Waals surface area (Å²) in [4.78, 5) is 38.1. The molecular weight excluding hydrogens is 426 g/mol. The predicted octanol–water partition coefficient (Wildman–Crippen LogP) is 3.77.